The van der Waals surface area contributed by atoms with Gasteiger partial charge in [0.2, 0.25) is 0 Å². The third kappa shape index (κ3) is 5.19. The van der Waals surface area contributed by atoms with E-state index in [0.717, 1.165) is 0 Å². The second-order valence-electron chi connectivity index (χ2n) is 4.71. The predicted octanol–water partition coefficient (Wildman–Crippen LogP) is 1.81. The smallest absolute Gasteiger partial charge is 0.136 e. The van der Waals surface area contributed by atoms with Gasteiger partial charge in [-0.2, -0.15) is 0 Å². The van der Waals surface area contributed by atoms with Crippen LogP contribution in [0.3, 0.4) is 0 Å². The van der Waals surface area contributed by atoms with Gasteiger partial charge in [-0.1, -0.05) is 5.92 Å². The summed E-state index contributed by atoms with van der Waals surface area (Å²) in [4.78, 5) is 0. The number of methoxy groups -OCH3 is 2. The molecule has 1 aromatic carbocycles. The SMILES string of the molecule is C#CC#Cc1cc(OC)c(C#CC#CC(C)(C)O)cc1OC. The third-order valence-electron chi connectivity index (χ3n) is 2.42. The molecule has 0 saturated carbocycles. The molecular weight excluding hydrogens is 276 g/mol. The lowest BCUT2D eigenvalue weighted by molar-refractivity contribution is 0.143. The van der Waals surface area contributed by atoms with Gasteiger partial charge in [-0.25, -0.2) is 0 Å². The molecule has 0 aromatic heterocycles. The summed E-state index contributed by atoms with van der Waals surface area (Å²) in [5.74, 6) is 19.4. The summed E-state index contributed by atoms with van der Waals surface area (Å²) < 4.78 is 10.6. The van der Waals surface area contributed by atoms with Crippen molar-refractivity contribution in [1.29, 1.82) is 0 Å². The molecule has 0 atom stereocenters. The molecular formula is C19H16O3. The molecule has 0 aliphatic rings. The molecule has 0 bridgehead atoms. The average molecular weight is 292 g/mol. The summed E-state index contributed by atoms with van der Waals surface area (Å²) in [7, 11) is 3.07. The Hall–Kier alpha value is -2.98. The van der Waals surface area contributed by atoms with Gasteiger partial charge in [0.1, 0.15) is 17.1 Å². The van der Waals surface area contributed by atoms with Crippen molar-refractivity contribution in [2.24, 2.45) is 0 Å². The van der Waals surface area contributed by atoms with Gasteiger partial charge in [-0.05, 0) is 49.4 Å². The lowest BCUT2D eigenvalue weighted by atomic mass is 10.1. The number of hydrogen-bond donors (Lipinski definition) is 1. The van der Waals surface area contributed by atoms with Crippen molar-refractivity contribution in [3.63, 3.8) is 0 Å². The Bertz CT molecular complexity index is 770. The van der Waals surface area contributed by atoms with E-state index < -0.39 is 5.60 Å². The molecule has 0 aliphatic carbocycles. The molecule has 0 heterocycles. The van der Waals surface area contributed by atoms with Gasteiger partial charge in [0.05, 0.1) is 25.3 Å². The lowest BCUT2D eigenvalue weighted by Crippen LogP contribution is -2.14. The zero-order valence-corrected chi connectivity index (χ0v) is 13.0. The Morgan fingerprint density at radius 3 is 1.86 bits per heavy atom. The maximum Gasteiger partial charge on any atom is 0.136 e. The minimum absolute atomic E-state index is 0.541. The highest BCUT2D eigenvalue weighted by Gasteiger charge is 2.08. The summed E-state index contributed by atoms with van der Waals surface area (Å²) in [6.07, 6.45) is 5.13. The number of rotatable bonds is 2. The second-order valence-corrected chi connectivity index (χ2v) is 4.71. The van der Waals surface area contributed by atoms with Crippen LogP contribution in [0, 0.1) is 47.9 Å². The molecule has 110 valence electrons. The normalized spacial score (nSPS) is 8.91. The molecule has 0 aliphatic heterocycles. The predicted molar refractivity (Wildman–Crippen MR) is 86.2 cm³/mol. The molecule has 1 N–H and O–H groups in total. The van der Waals surface area contributed by atoms with Gasteiger partial charge >= 0.3 is 0 Å². The molecule has 3 nitrogen and oxygen atoms in total. The average Bonchev–Trinajstić information content (AvgIpc) is 2.48. The van der Waals surface area contributed by atoms with Crippen LogP contribution in [0.15, 0.2) is 12.1 Å². The van der Waals surface area contributed by atoms with Crippen molar-refractivity contribution in [1.82, 2.24) is 0 Å². The summed E-state index contributed by atoms with van der Waals surface area (Å²) >= 11 is 0. The molecule has 0 amide bonds. The second kappa shape index (κ2) is 7.71. The minimum Gasteiger partial charge on any atom is -0.495 e. The Morgan fingerprint density at radius 1 is 0.955 bits per heavy atom. The van der Waals surface area contributed by atoms with Gasteiger partial charge in [0.25, 0.3) is 0 Å². The van der Waals surface area contributed by atoms with E-state index in [9.17, 15) is 5.11 Å². The fourth-order valence-corrected chi connectivity index (χ4v) is 1.48. The molecule has 1 aromatic rings. The molecule has 0 unspecified atom stereocenters. The van der Waals surface area contributed by atoms with Gasteiger partial charge < -0.3 is 14.6 Å². The number of ether oxygens (including phenoxy) is 2. The fraction of sp³-hybridized carbons (Fsp3) is 0.263. The van der Waals surface area contributed by atoms with E-state index in [-0.39, 0.29) is 0 Å². The molecule has 0 radical (unpaired) electrons. The molecule has 0 saturated heterocycles. The minimum atomic E-state index is -1.08. The van der Waals surface area contributed by atoms with Crippen LogP contribution in [0.2, 0.25) is 0 Å². The van der Waals surface area contributed by atoms with Gasteiger partial charge in [-0.3, -0.25) is 0 Å². The Morgan fingerprint density at radius 2 is 1.45 bits per heavy atom. The molecule has 22 heavy (non-hydrogen) atoms. The lowest BCUT2D eigenvalue weighted by Gasteiger charge is -2.08. The van der Waals surface area contributed by atoms with Gasteiger partial charge in [-0.15, -0.1) is 6.42 Å². The molecule has 3 heteroatoms. The van der Waals surface area contributed by atoms with Crippen LogP contribution in [0.25, 0.3) is 0 Å². The molecule has 0 fully saturated rings. The Balaban J connectivity index is 3.29. The van der Waals surface area contributed by atoms with Gasteiger partial charge in [0, 0.05) is 12.1 Å². The first-order chi connectivity index (χ1) is 10.4. The number of hydrogen-bond acceptors (Lipinski definition) is 3. The highest BCUT2D eigenvalue weighted by molar-refractivity contribution is 5.60. The van der Waals surface area contributed by atoms with Crippen molar-refractivity contribution in [2.75, 3.05) is 14.2 Å². The fourth-order valence-electron chi connectivity index (χ4n) is 1.48. The monoisotopic (exact) mass is 292 g/mol. The van der Waals surface area contributed by atoms with E-state index >= 15 is 0 Å². The van der Waals surface area contributed by atoms with Crippen LogP contribution in [0.5, 0.6) is 11.5 Å². The first-order valence-electron chi connectivity index (χ1n) is 6.39. The third-order valence-corrected chi connectivity index (χ3v) is 2.42. The van der Waals surface area contributed by atoms with Crippen LogP contribution in [0.1, 0.15) is 25.0 Å². The van der Waals surface area contributed by atoms with E-state index in [4.69, 9.17) is 15.9 Å². The molecule has 0 spiro atoms. The van der Waals surface area contributed by atoms with E-state index in [1.807, 2.05) is 0 Å². The number of benzene rings is 1. The van der Waals surface area contributed by atoms with Crippen molar-refractivity contribution in [3.8, 4) is 59.4 Å². The Kier molecular flexibility index (Phi) is 5.98. The summed E-state index contributed by atoms with van der Waals surface area (Å²) in [6, 6.07) is 3.41. The van der Waals surface area contributed by atoms with Crippen LogP contribution in [-0.2, 0) is 0 Å². The zero-order chi connectivity index (χ0) is 16.6. The summed E-state index contributed by atoms with van der Waals surface area (Å²) in [6.45, 7) is 3.18. The van der Waals surface area contributed by atoms with Crippen LogP contribution in [-0.4, -0.2) is 24.9 Å². The van der Waals surface area contributed by atoms with E-state index in [1.165, 1.54) is 14.2 Å². The largest absolute Gasteiger partial charge is 0.495 e. The van der Waals surface area contributed by atoms with E-state index in [1.54, 1.807) is 26.0 Å². The van der Waals surface area contributed by atoms with Crippen molar-refractivity contribution < 1.29 is 14.6 Å². The highest BCUT2D eigenvalue weighted by Crippen LogP contribution is 2.27. The summed E-state index contributed by atoms with van der Waals surface area (Å²) in [5.41, 5.74) is 0.145. The van der Waals surface area contributed by atoms with Crippen molar-refractivity contribution in [2.45, 2.75) is 19.4 Å². The van der Waals surface area contributed by atoms with Crippen molar-refractivity contribution in [3.05, 3.63) is 23.3 Å². The molecule has 1 rings (SSSR count). The maximum absolute atomic E-state index is 9.50. The topological polar surface area (TPSA) is 38.7 Å². The number of aliphatic hydroxyl groups is 1. The van der Waals surface area contributed by atoms with E-state index in [2.05, 4.69) is 41.4 Å². The maximum atomic E-state index is 9.50. The first kappa shape index (κ1) is 17.1. The van der Waals surface area contributed by atoms with Crippen LogP contribution in [0.4, 0.5) is 0 Å². The van der Waals surface area contributed by atoms with Crippen LogP contribution < -0.4 is 9.47 Å². The standard InChI is InChI=1S/C19H16O3/c1-6-7-10-15-13-18(22-5)16(14-17(15)21-4)11-8-9-12-19(2,3)20/h1,13-14,20H,2-5H3. The zero-order valence-electron chi connectivity index (χ0n) is 13.0. The first-order valence-corrected chi connectivity index (χ1v) is 6.39. The number of terminal acetylenes is 1. The Labute approximate surface area is 131 Å². The quantitative estimate of drug-likeness (QED) is 0.845. The highest BCUT2D eigenvalue weighted by atomic mass is 16.5. The van der Waals surface area contributed by atoms with Crippen molar-refractivity contribution >= 4 is 0 Å². The van der Waals surface area contributed by atoms with Crippen LogP contribution >= 0.6 is 0 Å². The van der Waals surface area contributed by atoms with Gasteiger partial charge in [0.15, 0.2) is 0 Å². The summed E-state index contributed by atoms with van der Waals surface area (Å²) in [5, 5.41) is 9.50. The van der Waals surface area contributed by atoms with E-state index in [0.29, 0.717) is 22.6 Å².